The predicted octanol–water partition coefficient (Wildman–Crippen LogP) is 4.34. The van der Waals surface area contributed by atoms with Crippen LogP contribution in [0.15, 0.2) is 54.6 Å². The molecule has 1 saturated carbocycles. The maximum absolute atomic E-state index is 12.8. The van der Waals surface area contributed by atoms with Crippen LogP contribution in [0.25, 0.3) is 0 Å². The fourth-order valence-electron chi connectivity index (χ4n) is 4.38. The van der Waals surface area contributed by atoms with Gasteiger partial charge in [0.1, 0.15) is 0 Å². The van der Waals surface area contributed by atoms with Gasteiger partial charge in [0.2, 0.25) is 0 Å². The Labute approximate surface area is 155 Å². The first kappa shape index (κ1) is 17.0. The molecular formula is C22H27N3O. The highest BCUT2D eigenvalue weighted by Crippen LogP contribution is 2.56. The maximum Gasteiger partial charge on any atom is 0.318 e. The SMILES string of the molecule is CCCNc1ccc(CNC(=O)N2CC3CC2(c2ccccc2)C3)cc1. The average molecular weight is 349 g/mol. The van der Waals surface area contributed by atoms with E-state index in [1.54, 1.807) is 0 Å². The number of fused-ring (bicyclic) bond motifs is 1. The summed E-state index contributed by atoms with van der Waals surface area (Å²) in [5.41, 5.74) is 3.45. The van der Waals surface area contributed by atoms with Gasteiger partial charge in [0.15, 0.2) is 0 Å². The largest absolute Gasteiger partial charge is 0.385 e. The minimum absolute atomic E-state index is 0.0574. The summed E-state index contributed by atoms with van der Waals surface area (Å²) in [6, 6.07) is 18.9. The van der Waals surface area contributed by atoms with Crippen LogP contribution in [0.5, 0.6) is 0 Å². The zero-order chi connectivity index (χ0) is 18.0. The molecule has 0 atom stereocenters. The van der Waals surface area contributed by atoms with Crippen LogP contribution < -0.4 is 10.6 Å². The summed E-state index contributed by atoms with van der Waals surface area (Å²) in [7, 11) is 0. The van der Waals surface area contributed by atoms with E-state index >= 15 is 0 Å². The van der Waals surface area contributed by atoms with Gasteiger partial charge in [-0.1, -0.05) is 49.4 Å². The zero-order valence-electron chi connectivity index (χ0n) is 15.4. The van der Waals surface area contributed by atoms with Crippen LogP contribution in [0, 0.1) is 5.92 Å². The Kier molecular flexibility index (Phi) is 4.58. The van der Waals surface area contributed by atoms with Crippen LogP contribution in [-0.4, -0.2) is 24.0 Å². The molecule has 2 aromatic carbocycles. The highest BCUT2D eigenvalue weighted by Gasteiger charge is 2.58. The predicted molar refractivity (Wildman–Crippen MR) is 105 cm³/mol. The number of benzene rings is 2. The summed E-state index contributed by atoms with van der Waals surface area (Å²) in [6.07, 6.45) is 3.31. The van der Waals surface area contributed by atoms with Crippen molar-refractivity contribution in [1.82, 2.24) is 10.2 Å². The molecule has 2 saturated heterocycles. The van der Waals surface area contributed by atoms with E-state index < -0.39 is 0 Å². The molecule has 2 aliphatic heterocycles. The third-order valence-corrected chi connectivity index (χ3v) is 5.74. The molecule has 0 spiro atoms. The molecule has 3 fully saturated rings. The Hall–Kier alpha value is -2.49. The van der Waals surface area contributed by atoms with Crippen LogP contribution in [0.3, 0.4) is 0 Å². The Morgan fingerprint density at radius 3 is 2.54 bits per heavy atom. The van der Waals surface area contributed by atoms with Gasteiger partial charge in [-0.15, -0.1) is 0 Å². The summed E-state index contributed by atoms with van der Waals surface area (Å²) in [5.74, 6) is 0.657. The van der Waals surface area contributed by atoms with Crippen molar-refractivity contribution >= 4 is 11.7 Å². The first-order chi connectivity index (χ1) is 12.7. The second kappa shape index (κ2) is 7.02. The molecule has 2 amide bonds. The number of hydrogen-bond donors (Lipinski definition) is 2. The molecule has 2 bridgehead atoms. The number of amides is 2. The Morgan fingerprint density at radius 1 is 1.12 bits per heavy atom. The first-order valence-electron chi connectivity index (χ1n) is 9.65. The second-order valence-corrected chi connectivity index (χ2v) is 7.56. The maximum atomic E-state index is 12.8. The van der Waals surface area contributed by atoms with Crippen molar-refractivity contribution < 1.29 is 4.79 Å². The van der Waals surface area contributed by atoms with E-state index in [1.165, 1.54) is 5.56 Å². The van der Waals surface area contributed by atoms with Crippen molar-refractivity contribution in [1.29, 1.82) is 0 Å². The number of rotatable bonds is 6. The molecule has 2 N–H and O–H groups in total. The van der Waals surface area contributed by atoms with Crippen LogP contribution in [0.2, 0.25) is 0 Å². The molecular weight excluding hydrogens is 322 g/mol. The fourth-order valence-corrected chi connectivity index (χ4v) is 4.38. The van der Waals surface area contributed by atoms with Gasteiger partial charge in [0, 0.05) is 25.3 Å². The first-order valence-corrected chi connectivity index (χ1v) is 9.65. The summed E-state index contributed by atoms with van der Waals surface area (Å²) in [6.45, 7) is 4.58. The van der Waals surface area contributed by atoms with Gasteiger partial charge in [-0.05, 0) is 48.4 Å². The minimum atomic E-state index is -0.0794. The molecule has 136 valence electrons. The Morgan fingerprint density at radius 2 is 1.85 bits per heavy atom. The average Bonchev–Trinajstić information content (AvgIpc) is 3.23. The smallest absolute Gasteiger partial charge is 0.318 e. The van der Waals surface area contributed by atoms with Crippen LogP contribution >= 0.6 is 0 Å². The van der Waals surface area contributed by atoms with Gasteiger partial charge in [-0.2, -0.15) is 0 Å². The molecule has 26 heavy (non-hydrogen) atoms. The quantitative estimate of drug-likeness (QED) is 0.815. The highest BCUT2D eigenvalue weighted by molar-refractivity contribution is 5.76. The van der Waals surface area contributed by atoms with E-state index in [1.807, 2.05) is 6.07 Å². The Balaban J connectivity index is 1.38. The molecule has 0 aromatic heterocycles. The lowest BCUT2D eigenvalue weighted by Gasteiger charge is -2.42. The normalized spacial score (nSPS) is 23.4. The lowest BCUT2D eigenvalue weighted by atomic mass is 9.69. The van der Waals surface area contributed by atoms with Crippen LogP contribution in [-0.2, 0) is 12.1 Å². The van der Waals surface area contributed by atoms with E-state index in [2.05, 4.69) is 71.0 Å². The molecule has 0 unspecified atom stereocenters. The Bertz CT molecular complexity index is 751. The molecule has 2 aromatic rings. The standard InChI is InChI=1S/C22H27N3O/c1-2-12-23-20-10-8-17(9-11-20)15-24-21(26)25-16-18-13-22(25,14-18)19-6-4-3-5-7-19/h3-11,18,23H,2,12-16H2,1H3,(H,24,26). The van der Waals surface area contributed by atoms with E-state index in [9.17, 15) is 4.79 Å². The van der Waals surface area contributed by atoms with Crippen molar-refractivity contribution in [3.63, 3.8) is 0 Å². The summed E-state index contributed by atoms with van der Waals surface area (Å²) < 4.78 is 0. The topological polar surface area (TPSA) is 44.4 Å². The number of hydrogen-bond acceptors (Lipinski definition) is 2. The minimum Gasteiger partial charge on any atom is -0.385 e. The summed E-state index contributed by atoms with van der Waals surface area (Å²) in [4.78, 5) is 14.9. The van der Waals surface area contributed by atoms with Crippen molar-refractivity contribution in [2.24, 2.45) is 5.92 Å². The summed E-state index contributed by atoms with van der Waals surface area (Å²) >= 11 is 0. The third-order valence-electron chi connectivity index (χ3n) is 5.74. The number of nitrogens with one attached hydrogen (secondary N) is 2. The van der Waals surface area contributed by atoms with Crippen molar-refractivity contribution in [2.75, 3.05) is 18.4 Å². The van der Waals surface area contributed by atoms with Gasteiger partial charge < -0.3 is 15.5 Å². The lowest BCUT2D eigenvalue weighted by Crippen LogP contribution is -2.49. The van der Waals surface area contributed by atoms with E-state index in [4.69, 9.17) is 0 Å². The number of carbonyl (C=O) groups excluding carboxylic acids is 1. The van der Waals surface area contributed by atoms with Gasteiger partial charge >= 0.3 is 6.03 Å². The van der Waals surface area contributed by atoms with Gasteiger partial charge in [-0.3, -0.25) is 0 Å². The van der Waals surface area contributed by atoms with Crippen molar-refractivity contribution in [3.05, 3.63) is 65.7 Å². The fraction of sp³-hybridized carbons (Fsp3) is 0.409. The molecule has 2 heterocycles. The molecule has 5 rings (SSSR count). The van der Waals surface area contributed by atoms with Crippen molar-refractivity contribution in [2.45, 2.75) is 38.3 Å². The van der Waals surface area contributed by atoms with Gasteiger partial charge in [0.05, 0.1) is 5.54 Å². The highest BCUT2D eigenvalue weighted by atomic mass is 16.2. The molecule has 4 heteroatoms. The van der Waals surface area contributed by atoms with E-state index in [-0.39, 0.29) is 11.6 Å². The lowest BCUT2D eigenvalue weighted by molar-refractivity contribution is 0.121. The zero-order valence-corrected chi connectivity index (χ0v) is 15.4. The van der Waals surface area contributed by atoms with Gasteiger partial charge in [0.25, 0.3) is 0 Å². The van der Waals surface area contributed by atoms with Crippen LogP contribution in [0.1, 0.15) is 37.3 Å². The molecule has 3 aliphatic rings. The number of nitrogens with zero attached hydrogens (tertiary/aromatic N) is 1. The van der Waals surface area contributed by atoms with Crippen molar-refractivity contribution in [3.8, 4) is 0 Å². The van der Waals surface area contributed by atoms with Crippen LogP contribution in [0.4, 0.5) is 10.5 Å². The van der Waals surface area contributed by atoms with E-state index in [0.717, 1.165) is 43.6 Å². The number of carbonyl (C=O) groups is 1. The molecule has 0 radical (unpaired) electrons. The summed E-state index contributed by atoms with van der Waals surface area (Å²) in [5, 5.41) is 6.49. The van der Waals surface area contributed by atoms with Gasteiger partial charge in [-0.25, -0.2) is 4.79 Å². The molecule has 1 aliphatic carbocycles. The van der Waals surface area contributed by atoms with E-state index in [0.29, 0.717) is 12.5 Å². The second-order valence-electron chi connectivity index (χ2n) is 7.56. The number of urea groups is 1. The molecule has 4 nitrogen and oxygen atoms in total. The third kappa shape index (κ3) is 3.05. The number of anilines is 1. The monoisotopic (exact) mass is 349 g/mol.